The topological polar surface area (TPSA) is 25.8 Å². The normalized spacial score (nSPS) is 13.6. The summed E-state index contributed by atoms with van der Waals surface area (Å²) in [7, 11) is 0. The summed E-state index contributed by atoms with van der Waals surface area (Å²) in [5, 5.41) is 0.529. The van der Waals surface area contributed by atoms with Gasteiger partial charge in [-0.05, 0) is 35.0 Å². The number of pyridine rings is 1. The highest BCUT2D eigenvalue weighted by atomic mass is 79.9. The lowest BCUT2D eigenvalue weighted by Gasteiger charge is -2.13. The van der Waals surface area contributed by atoms with E-state index in [0.717, 1.165) is 18.3 Å². The molecule has 0 aliphatic heterocycles. The third kappa shape index (κ3) is 2.72. The maximum Gasteiger partial charge on any atom is 0.396 e. The Balaban J connectivity index is 2.39. The summed E-state index contributed by atoms with van der Waals surface area (Å²) in [6.45, 7) is 1.13. The van der Waals surface area contributed by atoms with Crippen LogP contribution in [-0.4, -0.2) is 16.1 Å². The van der Waals surface area contributed by atoms with Crippen LogP contribution >= 0.6 is 27.3 Å². The van der Waals surface area contributed by atoms with Gasteiger partial charge in [-0.15, -0.1) is 11.3 Å². The molecule has 0 fully saturated rings. The summed E-state index contributed by atoms with van der Waals surface area (Å²) in [5.41, 5.74) is 0.712. The Bertz CT molecular complexity index is 539. The predicted octanol–water partition coefficient (Wildman–Crippen LogP) is 4.63. The standard InChI is InChI=1S/C11H8BrF3N2S/c1-6(11(13,14)15)8-9(12)17-10(18-8)7-3-2-4-16-5-7/h2-6H,1H3. The van der Waals surface area contributed by atoms with E-state index in [4.69, 9.17) is 0 Å². The van der Waals surface area contributed by atoms with Crippen molar-refractivity contribution in [2.75, 3.05) is 0 Å². The van der Waals surface area contributed by atoms with Crippen LogP contribution < -0.4 is 0 Å². The molecule has 2 heterocycles. The second-order valence-corrected chi connectivity index (χ2v) is 5.46. The van der Waals surface area contributed by atoms with E-state index in [-0.39, 0.29) is 9.48 Å². The molecule has 0 bridgehead atoms. The van der Waals surface area contributed by atoms with Crippen molar-refractivity contribution in [2.45, 2.75) is 19.0 Å². The number of thiazole rings is 1. The average molecular weight is 337 g/mol. The monoisotopic (exact) mass is 336 g/mol. The molecule has 0 saturated heterocycles. The first-order valence-electron chi connectivity index (χ1n) is 5.03. The quantitative estimate of drug-likeness (QED) is 0.798. The van der Waals surface area contributed by atoms with Crippen LogP contribution in [0, 0.1) is 0 Å². The molecular formula is C11H8BrF3N2S. The molecule has 0 amide bonds. The van der Waals surface area contributed by atoms with Crippen molar-refractivity contribution in [3.63, 3.8) is 0 Å². The zero-order chi connectivity index (χ0) is 13.3. The molecule has 2 rings (SSSR count). The molecule has 0 spiro atoms. The first kappa shape index (κ1) is 13.5. The average Bonchev–Trinajstić information content (AvgIpc) is 2.70. The van der Waals surface area contributed by atoms with Crippen molar-refractivity contribution < 1.29 is 13.2 Å². The summed E-state index contributed by atoms with van der Waals surface area (Å²) < 4.78 is 38.3. The Hall–Kier alpha value is -0.950. The van der Waals surface area contributed by atoms with E-state index in [1.807, 2.05) is 0 Å². The second kappa shape index (κ2) is 4.97. The van der Waals surface area contributed by atoms with E-state index in [1.54, 1.807) is 24.5 Å². The maximum atomic E-state index is 12.7. The third-order valence-electron chi connectivity index (χ3n) is 2.40. The molecule has 2 aromatic rings. The van der Waals surface area contributed by atoms with Crippen molar-refractivity contribution in [3.8, 4) is 10.6 Å². The van der Waals surface area contributed by atoms with Gasteiger partial charge in [0.1, 0.15) is 9.61 Å². The third-order valence-corrected chi connectivity index (χ3v) is 4.56. The number of rotatable bonds is 2. The molecule has 2 aromatic heterocycles. The van der Waals surface area contributed by atoms with Crippen LogP contribution in [0.25, 0.3) is 10.6 Å². The van der Waals surface area contributed by atoms with Crippen molar-refractivity contribution in [1.29, 1.82) is 0 Å². The largest absolute Gasteiger partial charge is 0.396 e. The second-order valence-electron chi connectivity index (χ2n) is 3.68. The summed E-state index contributed by atoms with van der Waals surface area (Å²) in [6, 6.07) is 3.48. The molecule has 0 aromatic carbocycles. The summed E-state index contributed by atoms with van der Waals surface area (Å²) in [5.74, 6) is -1.53. The van der Waals surface area contributed by atoms with Gasteiger partial charge >= 0.3 is 6.18 Å². The van der Waals surface area contributed by atoms with Crippen LogP contribution in [0.15, 0.2) is 29.1 Å². The highest BCUT2D eigenvalue weighted by Gasteiger charge is 2.39. The molecule has 0 aliphatic rings. The van der Waals surface area contributed by atoms with Crippen molar-refractivity contribution in [3.05, 3.63) is 34.0 Å². The van der Waals surface area contributed by atoms with Gasteiger partial charge in [0.05, 0.1) is 10.8 Å². The minimum atomic E-state index is -4.26. The van der Waals surface area contributed by atoms with E-state index in [2.05, 4.69) is 25.9 Å². The van der Waals surface area contributed by atoms with Crippen LogP contribution in [0.5, 0.6) is 0 Å². The highest BCUT2D eigenvalue weighted by molar-refractivity contribution is 9.10. The van der Waals surface area contributed by atoms with Crippen molar-refractivity contribution >= 4 is 27.3 Å². The molecule has 18 heavy (non-hydrogen) atoms. The van der Waals surface area contributed by atoms with Gasteiger partial charge in [-0.1, -0.05) is 0 Å². The molecule has 1 atom stereocenters. The first-order valence-corrected chi connectivity index (χ1v) is 6.64. The first-order chi connectivity index (χ1) is 8.39. The van der Waals surface area contributed by atoms with E-state index >= 15 is 0 Å². The molecule has 7 heteroatoms. The molecule has 2 nitrogen and oxygen atoms in total. The van der Waals surface area contributed by atoms with Gasteiger partial charge < -0.3 is 0 Å². The Kier molecular flexibility index (Phi) is 3.72. The lowest BCUT2D eigenvalue weighted by atomic mass is 10.1. The highest BCUT2D eigenvalue weighted by Crippen LogP contribution is 2.42. The van der Waals surface area contributed by atoms with Crippen molar-refractivity contribution in [1.82, 2.24) is 9.97 Å². The van der Waals surface area contributed by atoms with E-state index in [0.29, 0.717) is 10.6 Å². The Labute approximate surface area is 114 Å². The SMILES string of the molecule is CC(c1sc(-c2cccnc2)nc1Br)C(F)(F)F. The number of halogens is 4. The number of hydrogen-bond donors (Lipinski definition) is 0. The van der Waals surface area contributed by atoms with Gasteiger partial charge in [-0.2, -0.15) is 13.2 Å². The Morgan fingerprint density at radius 2 is 2.11 bits per heavy atom. The predicted molar refractivity (Wildman–Crippen MR) is 67.5 cm³/mol. The van der Waals surface area contributed by atoms with Crippen molar-refractivity contribution in [2.24, 2.45) is 0 Å². The zero-order valence-corrected chi connectivity index (χ0v) is 11.6. The molecular weight excluding hydrogens is 329 g/mol. The fourth-order valence-electron chi connectivity index (χ4n) is 1.34. The Morgan fingerprint density at radius 3 is 2.67 bits per heavy atom. The van der Waals surface area contributed by atoms with Crippen LogP contribution in [-0.2, 0) is 0 Å². The lowest BCUT2D eigenvalue weighted by Crippen LogP contribution is -2.16. The van der Waals surface area contributed by atoms with Gasteiger partial charge in [-0.25, -0.2) is 4.98 Å². The van der Waals surface area contributed by atoms with Crippen LogP contribution in [0.2, 0.25) is 0 Å². The smallest absolute Gasteiger partial charge is 0.264 e. The number of nitrogens with zero attached hydrogens (tertiary/aromatic N) is 2. The number of aromatic nitrogens is 2. The minimum Gasteiger partial charge on any atom is -0.264 e. The number of hydrogen-bond acceptors (Lipinski definition) is 3. The maximum absolute atomic E-state index is 12.7. The van der Waals surface area contributed by atoms with E-state index in [1.165, 1.54) is 0 Å². The van der Waals surface area contributed by atoms with Gasteiger partial charge in [0.2, 0.25) is 0 Å². The van der Waals surface area contributed by atoms with Gasteiger partial charge in [0, 0.05) is 18.0 Å². The van der Waals surface area contributed by atoms with Gasteiger partial charge in [-0.3, -0.25) is 4.98 Å². The summed E-state index contributed by atoms with van der Waals surface area (Å²) in [4.78, 5) is 8.22. The van der Waals surface area contributed by atoms with Crippen LogP contribution in [0.1, 0.15) is 17.7 Å². The van der Waals surface area contributed by atoms with Gasteiger partial charge in [0.25, 0.3) is 0 Å². The minimum absolute atomic E-state index is 0.182. The fraction of sp³-hybridized carbons (Fsp3) is 0.273. The Morgan fingerprint density at radius 1 is 1.39 bits per heavy atom. The summed E-state index contributed by atoms with van der Waals surface area (Å²) in [6.07, 6.45) is -1.08. The molecule has 0 N–H and O–H groups in total. The molecule has 1 unspecified atom stereocenters. The van der Waals surface area contributed by atoms with E-state index < -0.39 is 12.1 Å². The summed E-state index contributed by atoms with van der Waals surface area (Å²) >= 11 is 4.12. The molecule has 0 aliphatic carbocycles. The number of alkyl halides is 3. The van der Waals surface area contributed by atoms with Gasteiger partial charge in [0.15, 0.2) is 0 Å². The van der Waals surface area contributed by atoms with E-state index in [9.17, 15) is 13.2 Å². The van der Waals surface area contributed by atoms with Crippen LogP contribution in [0.4, 0.5) is 13.2 Å². The van der Waals surface area contributed by atoms with Crippen LogP contribution in [0.3, 0.4) is 0 Å². The zero-order valence-electron chi connectivity index (χ0n) is 9.20. The molecule has 0 saturated carbocycles. The molecule has 96 valence electrons. The fourth-order valence-corrected chi connectivity index (χ4v) is 3.25. The lowest BCUT2D eigenvalue weighted by molar-refractivity contribution is -0.145. The molecule has 0 radical (unpaired) electrons.